The predicted octanol–water partition coefficient (Wildman–Crippen LogP) is 2.04. The van der Waals surface area contributed by atoms with Crippen LogP contribution in [-0.4, -0.2) is 53.0 Å². The van der Waals surface area contributed by atoms with Crippen LogP contribution in [0.4, 0.5) is 5.82 Å². The number of aromatic nitrogens is 2. The molecular formula is C19H29N5O. The summed E-state index contributed by atoms with van der Waals surface area (Å²) in [5, 5.41) is 0. The van der Waals surface area contributed by atoms with Crippen molar-refractivity contribution in [3.63, 3.8) is 0 Å². The van der Waals surface area contributed by atoms with E-state index in [0.717, 1.165) is 56.1 Å². The second-order valence-corrected chi connectivity index (χ2v) is 8.26. The van der Waals surface area contributed by atoms with Crippen LogP contribution < -0.4 is 10.6 Å². The lowest BCUT2D eigenvalue weighted by Gasteiger charge is -2.48. The Morgan fingerprint density at radius 2 is 1.92 bits per heavy atom. The van der Waals surface area contributed by atoms with Gasteiger partial charge in [0.25, 0.3) is 5.91 Å². The van der Waals surface area contributed by atoms with Gasteiger partial charge in [0, 0.05) is 43.5 Å². The number of piperidine rings is 1. The number of hydrogen-bond donors (Lipinski definition) is 1. The molecule has 1 saturated carbocycles. The Morgan fingerprint density at radius 3 is 2.56 bits per heavy atom. The summed E-state index contributed by atoms with van der Waals surface area (Å²) in [5.41, 5.74) is 8.39. The molecule has 0 unspecified atom stereocenters. The molecule has 4 rings (SSSR count). The van der Waals surface area contributed by atoms with Gasteiger partial charge in [-0.2, -0.15) is 0 Å². The van der Waals surface area contributed by atoms with Gasteiger partial charge in [-0.15, -0.1) is 0 Å². The molecule has 3 heterocycles. The van der Waals surface area contributed by atoms with E-state index in [1.54, 1.807) is 0 Å². The van der Waals surface area contributed by atoms with Gasteiger partial charge in [0.1, 0.15) is 5.82 Å². The monoisotopic (exact) mass is 343 g/mol. The Kier molecular flexibility index (Phi) is 4.18. The van der Waals surface area contributed by atoms with Crippen molar-refractivity contribution in [1.29, 1.82) is 0 Å². The number of aryl methyl sites for hydroxylation is 1. The van der Waals surface area contributed by atoms with Crippen molar-refractivity contribution in [3.8, 4) is 0 Å². The number of rotatable bonds is 2. The van der Waals surface area contributed by atoms with Crippen LogP contribution in [0.1, 0.15) is 60.4 Å². The first-order chi connectivity index (χ1) is 12.0. The average molecular weight is 343 g/mol. The highest BCUT2D eigenvalue weighted by molar-refractivity contribution is 5.91. The summed E-state index contributed by atoms with van der Waals surface area (Å²) in [6.45, 7) is 7.42. The van der Waals surface area contributed by atoms with Crippen molar-refractivity contribution >= 4 is 11.7 Å². The van der Waals surface area contributed by atoms with Crippen LogP contribution in [0.5, 0.6) is 0 Å². The van der Waals surface area contributed by atoms with Gasteiger partial charge in [-0.1, -0.05) is 6.42 Å². The first-order valence-electron chi connectivity index (χ1n) is 9.62. The van der Waals surface area contributed by atoms with Crippen LogP contribution in [0.2, 0.25) is 0 Å². The zero-order valence-corrected chi connectivity index (χ0v) is 15.4. The molecule has 2 aliphatic heterocycles. The summed E-state index contributed by atoms with van der Waals surface area (Å²) in [7, 11) is 0. The molecule has 0 radical (unpaired) electrons. The molecule has 1 atom stereocenters. The second kappa shape index (κ2) is 6.24. The first-order valence-corrected chi connectivity index (χ1v) is 9.62. The van der Waals surface area contributed by atoms with Gasteiger partial charge in [-0.25, -0.2) is 9.97 Å². The molecule has 1 aromatic heterocycles. The molecule has 2 N–H and O–H groups in total. The number of carbonyl (C=O) groups is 1. The largest absolute Gasteiger partial charge is 0.355 e. The van der Waals surface area contributed by atoms with Crippen molar-refractivity contribution in [2.45, 2.75) is 58.4 Å². The van der Waals surface area contributed by atoms with Crippen molar-refractivity contribution in [2.24, 2.45) is 11.1 Å². The molecule has 25 heavy (non-hydrogen) atoms. The molecule has 3 aliphatic rings. The molecule has 1 aliphatic carbocycles. The highest BCUT2D eigenvalue weighted by atomic mass is 16.2. The highest BCUT2D eigenvalue weighted by Crippen LogP contribution is 2.47. The van der Waals surface area contributed by atoms with E-state index in [-0.39, 0.29) is 11.9 Å². The van der Waals surface area contributed by atoms with E-state index in [9.17, 15) is 4.79 Å². The van der Waals surface area contributed by atoms with E-state index in [1.165, 1.54) is 25.7 Å². The summed E-state index contributed by atoms with van der Waals surface area (Å²) in [4.78, 5) is 26.5. The zero-order chi connectivity index (χ0) is 17.6. The molecule has 0 bridgehead atoms. The molecule has 2 saturated heterocycles. The SMILES string of the molecule is Cc1nc(C(=O)N2CCCC3(CCC3)C2)nc(N2CC[C@@H](N)C2)c1C. The highest BCUT2D eigenvalue weighted by Gasteiger charge is 2.42. The Labute approximate surface area is 149 Å². The minimum absolute atomic E-state index is 0.00109. The van der Waals surface area contributed by atoms with Crippen molar-refractivity contribution in [1.82, 2.24) is 14.9 Å². The summed E-state index contributed by atoms with van der Waals surface area (Å²) in [5.74, 6) is 1.24. The minimum atomic E-state index is -0.00109. The third kappa shape index (κ3) is 3.01. The maximum atomic E-state index is 13.1. The van der Waals surface area contributed by atoms with E-state index in [4.69, 9.17) is 5.73 Å². The van der Waals surface area contributed by atoms with Gasteiger partial charge in [0.05, 0.1) is 0 Å². The van der Waals surface area contributed by atoms with Crippen LogP contribution >= 0.6 is 0 Å². The van der Waals surface area contributed by atoms with E-state index in [1.807, 2.05) is 18.7 Å². The van der Waals surface area contributed by atoms with Crippen LogP contribution in [0.25, 0.3) is 0 Å². The lowest BCUT2D eigenvalue weighted by Crippen LogP contribution is -2.49. The quantitative estimate of drug-likeness (QED) is 0.889. The number of carbonyl (C=O) groups excluding carboxylic acids is 1. The topological polar surface area (TPSA) is 75.4 Å². The Balaban J connectivity index is 1.59. The molecule has 136 valence electrons. The normalized spacial score (nSPS) is 25.3. The van der Waals surface area contributed by atoms with Gasteiger partial charge in [0.2, 0.25) is 5.82 Å². The number of nitrogens with zero attached hydrogens (tertiary/aromatic N) is 4. The number of anilines is 1. The fourth-order valence-electron chi connectivity index (χ4n) is 4.60. The molecule has 1 amide bonds. The van der Waals surface area contributed by atoms with E-state index >= 15 is 0 Å². The first kappa shape index (κ1) is 16.8. The Bertz CT molecular complexity index is 685. The number of nitrogens with two attached hydrogens (primary N) is 1. The van der Waals surface area contributed by atoms with Crippen LogP contribution in [0, 0.1) is 19.3 Å². The minimum Gasteiger partial charge on any atom is -0.355 e. The fraction of sp³-hybridized carbons (Fsp3) is 0.737. The van der Waals surface area contributed by atoms with Crippen molar-refractivity contribution in [2.75, 3.05) is 31.1 Å². The van der Waals surface area contributed by atoms with Crippen molar-refractivity contribution in [3.05, 3.63) is 17.1 Å². The molecule has 6 nitrogen and oxygen atoms in total. The maximum Gasteiger partial charge on any atom is 0.291 e. The lowest BCUT2D eigenvalue weighted by molar-refractivity contribution is 0.0178. The third-order valence-corrected chi connectivity index (χ3v) is 6.44. The molecule has 1 aromatic rings. The van der Waals surface area contributed by atoms with Crippen LogP contribution in [0.15, 0.2) is 0 Å². The standard InChI is InChI=1S/C19H29N5O/c1-13-14(2)21-16(22-17(13)23-10-5-15(20)11-23)18(25)24-9-4-8-19(12-24)6-3-7-19/h15H,3-12,20H2,1-2H3/t15-/m1/s1. The smallest absolute Gasteiger partial charge is 0.291 e. The number of amides is 1. The van der Waals surface area contributed by atoms with E-state index in [0.29, 0.717) is 11.2 Å². The lowest BCUT2D eigenvalue weighted by atomic mass is 9.64. The van der Waals surface area contributed by atoms with Crippen LogP contribution in [-0.2, 0) is 0 Å². The van der Waals surface area contributed by atoms with Crippen molar-refractivity contribution < 1.29 is 4.79 Å². The molecular weight excluding hydrogens is 314 g/mol. The summed E-state index contributed by atoms with van der Waals surface area (Å²) < 4.78 is 0. The molecule has 6 heteroatoms. The average Bonchev–Trinajstić information content (AvgIpc) is 3.01. The fourth-order valence-corrected chi connectivity index (χ4v) is 4.60. The van der Waals surface area contributed by atoms with E-state index in [2.05, 4.69) is 14.9 Å². The van der Waals surface area contributed by atoms with Gasteiger partial charge in [-0.05, 0) is 51.4 Å². The van der Waals surface area contributed by atoms with Gasteiger partial charge < -0.3 is 15.5 Å². The second-order valence-electron chi connectivity index (χ2n) is 8.26. The summed E-state index contributed by atoms with van der Waals surface area (Å²) in [6, 6.07) is 0.189. The van der Waals surface area contributed by atoms with Crippen LogP contribution in [0.3, 0.4) is 0 Å². The third-order valence-electron chi connectivity index (χ3n) is 6.44. The predicted molar refractivity (Wildman–Crippen MR) is 97.7 cm³/mol. The van der Waals surface area contributed by atoms with Gasteiger partial charge >= 0.3 is 0 Å². The number of likely N-dealkylation sites (tertiary alicyclic amines) is 1. The van der Waals surface area contributed by atoms with Gasteiger partial charge in [0.15, 0.2) is 0 Å². The Hall–Kier alpha value is -1.69. The molecule has 1 spiro atoms. The summed E-state index contributed by atoms with van der Waals surface area (Å²) >= 11 is 0. The number of hydrogen-bond acceptors (Lipinski definition) is 5. The molecule has 0 aromatic carbocycles. The molecule has 3 fully saturated rings. The Morgan fingerprint density at radius 1 is 1.16 bits per heavy atom. The summed E-state index contributed by atoms with van der Waals surface area (Å²) in [6.07, 6.45) is 7.18. The van der Waals surface area contributed by atoms with Gasteiger partial charge in [-0.3, -0.25) is 4.79 Å². The van der Waals surface area contributed by atoms with E-state index < -0.39 is 0 Å². The zero-order valence-electron chi connectivity index (χ0n) is 15.4. The maximum absolute atomic E-state index is 13.1.